The molecule has 1 unspecified atom stereocenters. The highest BCUT2D eigenvalue weighted by atomic mass is 16.6. The van der Waals surface area contributed by atoms with Gasteiger partial charge in [-0.2, -0.15) is 0 Å². The van der Waals surface area contributed by atoms with Gasteiger partial charge in [0.05, 0.1) is 17.3 Å². The smallest absolute Gasteiger partial charge is 0.410 e. The zero-order chi connectivity index (χ0) is 19.0. The molecular weight excluding hydrogens is 336 g/mol. The van der Waals surface area contributed by atoms with Gasteiger partial charge in [0, 0.05) is 17.5 Å². The molecule has 0 aliphatic carbocycles. The van der Waals surface area contributed by atoms with Crippen molar-refractivity contribution in [3.8, 4) is 11.1 Å². The van der Waals surface area contributed by atoms with Crippen LogP contribution >= 0.6 is 0 Å². The van der Waals surface area contributed by atoms with Gasteiger partial charge in [0.25, 0.3) is 0 Å². The molecule has 4 nitrogen and oxygen atoms in total. The maximum Gasteiger partial charge on any atom is 0.410 e. The monoisotopic (exact) mass is 360 g/mol. The lowest BCUT2D eigenvalue weighted by atomic mass is 9.92. The fraction of sp³-hybridized carbons (Fsp3) is 0.304. The fourth-order valence-electron chi connectivity index (χ4n) is 3.44. The topological polar surface area (TPSA) is 42.4 Å². The van der Waals surface area contributed by atoms with Crippen molar-refractivity contribution in [2.24, 2.45) is 0 Å². The summed E-state index contributed by atoms with van der Waals surface area (Å²) in [5.74, 6) is 0. The standard InChI is InChI=1S/C23H24N2O2/c1-23(2,3)27-22(26)25-14-13-20(25)21-18(16-9-5-4-6-10-16)15-17-11-7-8-12-19(17)24-21/h4-12,15,20H,13-14H2,1-3H3. The number of hydrogen-bond donors (Lipinski definition) is 0. The third-order valence-corrected chi connectivity index (χ3v) is 4.80. The van der Waals surface area contributed by atoms with Crippen LogP contribution in [0.5, 0.6) is 0 Å². The quantitative estimate of drug-likeness (QED) is 0.599. The number of carbonyl (C=O) groups excluding carboxylic acids is 1. The Balaban J connectivity index is 1.77. The summed E-state index contributed by atoms with van der Waals surface area (Å²) in [5.41, 5.74) is 3.57. The van der Waals surface area contributed by atoms with Gasteiger partial charge < -0.3 is 4.74 Å². The minimum Gasteiger partial charge on any atom is -0.444 e. The number of carbonyl (C=O) groups is 1. The van der Waals surface area contributed by atoms with Crippen LogP contribution in [0.2, 0.25) is 0 Å². The van der Waals surface area contributed by atoms with Crippen LogP contribution in [-0.2, 0) is 4.74 Å². The van der Waals surface area contributed by atoms with E-state index in [4.69, 9.17) is 9.72 Å². The predicted octanol–water partition coefficient (Wildman–Crippen LogP) is 5.58. The summed E-state index contributed by atoms with van der Waals surface area (Å²) < 4.78 is 5.59. The van der Waals surface area contributed by atoms with Crippen molar-refractivity contribution >= 4 is 17.0 Å². The van der Waals surface area contributed by atoms with E-state index >= 15 is 0 Å². The second kappa shape index (κ2) is 6.69. The number of aromatic nitrogens is 1. The SMILES string of the molecule is CC(C)(C)OC(=O)N1CCC1c1nc2ccccc2cc1-c1ccccc1. The maximum absolute atomic E-state index is 12.6. The summed E-state index contributed by atoms with van der Waals surface area (Å²) in [6.07, 6.45) is 0.623. The number of amides is 1. The van der Waals surface area contributed by atoms with Gasteiger partial charge in [-0.3, -0.25) is 4.90 Å². The van der Waals surface area contributed by atoms with Gasteiger partial charge in [-0.05, 0) is 44.9 Å². The van der Waals surface area contributed by atoms with E-state index in [1.165, 1.54) is 0 Å². The Kier molecular flexibility index (Phi) is 4.34. The summed E-state index contributed by atoms with van der Waals surface area (Å²) in [7, 11) is 0. The molecule has 4 heteroatoms. The maximum atomic E-state index is 12.6. The average Bonchev–Trinajstić information content (AvgIpc) is 2.59. The molecular formula is C23H24N2O2. The Bertz CT molecular complexity index is 977. The minimum absolute atomic E-state index is 0.0559. The molecule has 3 aromatic rings. The first-order valence-corrected chi connectivity index (χ1v) is 9.37. The molecule has 0 spiro atoms. The molecule has 1 atom stereocenters. The van der Waals surface area contributed by atoms with Crippen molar-refractivity contribution in [2.45, 2.75) is 38.8 Å². The van der Waals surface area contributed by atoms with E-state index in [2.05, 4.69) is 24.3 Å². The van der Waals surface area contributed by atoms with Crippen molar-refractivity contribution in [2.75, 3.05) is 6.54 Å². The molecule has 2 aromatic carbocycles. The predicted molar refractivity (Wildman–Crippen MR) is 107 cm³/mol. The zero-order valence-electron chi connectivity index (χ0n) is 16.0. The number of hydrogen-bond acceptors (Lipinski definition) is 3. The summed E-state index contributed by atoms with van der Waals surface area (Å²) in [5, 5.41) is 1.10. The normalized spacial score (nSPS) is 16.9. The number of pyridine rings is 1. The number of nitrogens with zero attached hydrogens (tertiary/aromatic N) is 2. The third-order valence-electron chi connectivity index (χ3n) is 4.80. The van der Waals surface area contributed by atoms with E-state index in [1.807, 2.05) is 57.2 Å². The molecule has 1 fully saturated rings. The molecule has 2 heterocycles. The van der Waals surface area contributed by atoms with E-state index in [9.17, 15) is 4.79 Å². The first-order chi connectivity index (χ1) is 12.9. The Hall–Kier alpha value is -2.88. The first kappa shape index (κ1) is 17.5. The highest BCUT2D eigenvalue weighted by molar-refractivity contribution is 5.85. The highest BCUT2D eigenvalue weighted by Crippen LogP contribution is 2.39. The Labute approximate surface area is 159 Å². The van der Waals surface area contributed by atoms with Crippen molar-refractivity contribution < 1.29 is 9.53 Å². The van der Waals surface area contributed by atoms with Gasteiger partial charge in [-0.1, -0.05) is 48.5 Å². The van der Waals surface area contributed by atoms with E-state index < -0.39 is 5.60 Å². The molecule has 138 valence electrons. The molecule has 1 saturated heterocycles. The van der Waals surface area contributed by atoms with Gasteiger partial charge in [-0.25, -0.2) is 9.78 Å². The van der Waals surface area contributed by atoms with Crippen LogP contribution in [0.3, 0.4) is 0 Å². The summed E-state index contributed by atoms with van der Waals surface area (Å²) in [4.78, 5) is 19.4. The lowest BCUT2D eigenvalue weighted by Crippen LogP contribution is -2.47. The third kappa shape index (κ3) is 3.52. The first-order valence-electron chi connectivity index (χ1n) is 9.37. The second-order valence-corrected chi connectivity index (χ2v) is 7.96. The van der Waals surface area contributed by atoms with E-state index in [-0.39, 0.29) is 12.1 Å². The number of benzene rings is 2. The van der Waals surface area contributed by atoms with Gasteiger partial charge in [0.15, 0.2) is 0 Å². The minimum atomic E-state index is -0.504. The van der Waals surface area contributed by atoms with Crippen LogP contribution in [0.4, 0.5) is 4.79 Å². The number of para-hydroxylation sites is 1. The van der Waals surface area contributed by atoms with E-state index in [1.54, 1.807) is 4.90 Å². The molecule has 0 radical (unpaired) electrons. The molecule has 0 bridgehead atoms. The molecule has 0 N–H and O–H groups in total. The van der Waals surface area contributed by atoms with Crippen LogP contribution in [0, 0.1) is 0 Å². The number of likely N-dealkylation sites (tertiary alicyclic amines) is 1. The average molecular weight is 360 g/mol. The second-order valence-electron chi connectivity index (χ2n) is 7.96. The molecule has 1 amide bonds. The summed E-state index contributed by atoms with van der Waals surface area (Å²) in [6, 6.07) is 20.5. The van der Waals surface area contributed by atoms with Gasteiger partial charge in [-0.15, -0.1) is 0 Å². The van der Waals surface area contributed by atoms with Crippen LogP contribution in [0.15, 0.2) is 60.7 Å². The lowest BCUT2D eigenvalue weighted by molar-refractivity contribution is -0.00635. The number of ether oxygens (including phenoxy) is 1. The highest BCUT2D eigenvalue weighted by Gasteiger charge is 2.38. The van der Waals surface area contributed by atoms with Crippen molar-refractivity contribution in [3.05, 3.63) is 66.4 Å². The van der Waals surface area contributed by atoms with Crippen LogP contribution in [0.1, 0.15) is 38.9 Å². The number of fused-ring (bicyclic) bond motifs is 1. The van der Waals surface area contributed by atoms with Crippen LogP contribution < -0.4 is 0 Å². The number of rotatable bonds is 2. The van der Waals surface area contributed by atoms with Gasteiger partial charge in [0.1, 0.15) is 5.60 Å². The molecule has 4 rings (SSSR count). The van der Waals surface area contributed by atoms with Crippen molar-refractivity contribution in [3.63, 3.8) is 0 Å². The zero-order valence-corrected chi connectivity index (χ0v) is 16.0. The fourth-order valence-corrected chi connectivity index (χ4v) is 3.44. The molecule has 1 aromatic heterocycles. The van der Waals surface area contributed by atoms with Crippen molar-refractivity contribution in [1.29, 1.82) is 0 Å². The Morgan fingerprint density at radius 2 is 1.78 bits per heavy atom. The van der Waals surface area contributed by atoms with Gasteiger partial charge >= 0.3 is 6.09 Å². The van der Waals surface area contributed by atoms with E-state index in [0.29, 0.717) is 6.54 Å². The molecule has 27 heavy (non-hydrogen) atoms. The Morgan fingerprint density at radius 3 is 2.44 bits per heavy atom. The Morgan fingerprint density at radius 1 is 1.07 bits per heavy atom. The molecule has 0 saturated carbocycles. The summed E-state index contributed by atoms with van der Waals surface area (Å²) in [6.45, 7) is 6.37. The largest absolute Gasteiger partial charge is 0.444 e. The lowest BCUT2D eigenvalue weighted by Gasteiger charge is -2.41. The van der Waals surface area contributed by atoms with Crippen LogP contribution in [0.25, 0.3) is 22.0 Å². The van der Waals surface area contributed by atoms with Crippen molar-refractivity contribution in [1.82, 2.24) is 9.88 Å². The van der Waals surface area contributed by atoms with Crippen LogP contribution in [-0.4, -0.2) is 28.1 Å². The van der Waals surface area contributed by atoms with Gasteiger partial charge in [0.2, 0.25) is 0 Å². The molecule has 1 aliphatic rings. The van der Waals surface area contributed by atoms with E-state index in [0.717, 1.165) is 34.1 Å². The molecule has 1 aliphatic heterocycles. The summed E-state index contributed by atoms with van der Waals surface area (Å²) >= 11 is 0.